The highest BCUT2D eigenvalue weighted by molar-refractivity contribution is 6.30. The fourth-order valence-electron chi connectivity index (χ4n) is 3.51. The number of benzene rings is 4. The van der Waals surface area contributed by atoms with Crippen molar-refractivity contribution in [3.05, 3.63) is 96.0 Å². The van der Waals surface area contributed by atoms with Crippen molar-refractivity contribution >= 4 is 33.5 Å². The van der Waals surface area contributed by atoms with Crippen molar-refractivity contribution in [3.63, 3.8) is 0 Å². The lowest BCUT2D eigenvalue weighted by atomic mass is 9.97. The van der Waals surface area contributed by atoms with Crippen molar-refractivity contribution in [2.45, 2.75) is 0 Å². The van der Waals surface area contributed by atoms with Crippen LogP contribution in [0.2, 0.25) is 5.02 Å². The highest BCUT2D eigenvalue weighted by Gasteiger charge is 2.13. The monoisotopic (exact) mass is 354 g/mol. The summed E-state index contributed by atoms with van der Waals surface area (Å²) in [5.41, 5.74) is 6.48. The third-order valence-corrected chi connectivity index (χ3v) is 5.01. The van der Waals surface area contributed by atoms with Crippen molar-refractivity contribution in [1.29, 1.82) is 0 Å². The van der Waals surface area contributed by atoms with E-state index in [0.717, 1.165) is 38.1 Å². The molecule has 0 saturated carbocycles. The maximum atomic E-state index is 6.10. The maximum Gasteiger partial charge on any atom is 0.136 e. The summed E-state index contributed by atoms with van der Waals surface area (Å²) in [7, 11) is 0. The van der Waals surface area contributed by atoms with Gasteiger partial charge in [-0.2, -0.15) is 0 Å². The van der Waals surface area contributed by atoms with Crippen LogP contribution in [-0.4, -0.2) is 0 Å². The number of rotatable bonds is 2. The smallest absolute Gasteiger partial charge is 0.136 e. The Morgan fingerprint density at radius 1 is 0.577 bits per heavy atom. The summed E-state index contributed by atoms with van der Waals surface area (Å²) in [5, 5.41) is 3.01. The summed E-state index contributed by atoms with van der Waals surface area (Å²) in [6, 6.07) is 31.0. The normalized spacial score (nSPS) is 11.3. The number of fused-ring (bicyclic) bond motifs is 3. The molecule has 2 heteroatoms. The Hall–Kier alpha value is -3.03. The van der Waals surface area contributed by atoms with Crippen LogP contribution >= 0.6 is 11.6 Å². The van der Waals surface area contributed by atoms with Gasteiger partial charge in [-0.3, -0.25) is 0 Å². The number of hydrogen-bond donors (Lipinski definition) is 0. The topological polar surface area (TPSA) is 13.1 Å². The Kier molecular flexibility index (Phi) is 3.55. The van der Waals surface area contributed by atoms with E-state index >= 15 is 0 Å². The van der Waals surface area contributed by atoms with E-state index in [0.29, 0.717) is 0 Å². The Morgan fingerprint density at radius 2 is 1.35 bits per heavy atom. The van der Waals surface area contributed by atoms with Crippen LogP contribution in [0.5, 0.6) is 0 Å². The molecule has 0 aliphatic rings. The fraction of sp³-hybridized carbons (Fsp3) is 0. The van der Waals surface area contributed by atoms with Crippen LogP contribution in [0.1, 0.15) is 0 Å². The quantitative estimate of drug-likeness (QED) is 0.318. The molecular formula is C24H15ClO. The van der Waals surface area contributed by atoms with Crippen molar-refractivity contribution < 1.29 is 4.42 Å². The number of halogens is 1. The first-order valence-corrected chi connectivity index (χ1v) is 8.94. The Balaban J connectivity index is 1.80. The second-order valence-electron chi connectivity index (χ2n) is 6.36. The zero-order valence-corrected chi connectivity index (χ0v) is 14.7. The minimum Gasteiger partial charge on any atom is -0.456 e. The summed E-state index contributed by atoms with van der Waals surface area (Å²) >= 11 is 6.06. The summed E-state index contributed by atoms with van der Waals surface area (Å²) in [6.07, 6.45) is 0. The van der Waals surface area contributed by atoms with Crippen LogP contribution in [-0.2, 0) is 0 Å². The second-order valence-corrected chi connectivity index (χ2v) is 6.80. The van der Waals surface area contributed by atoms with Crippen molar-refractivity contribution in [2.75, 3.05) is 0 Å². The van der Waals surface area contributed by atoms with Crippen LogP contribution in [0.3, 0.4) is 0 Å². The summed E-state index contributed by atoms with van der Waals surface area (Å²) < 4.78 is 6.10. The molecular weight excluding hydrogens is 340 g/mol. The highest BCUT2D eigenvalue weighted by Crippen LogP contribution is 2.38. The van der Waals surface area contributed by atoms with Gasteiger partial charge in [0.2, 0.25) is 0 Å². The molecule has 1 aromatic heterocycles. The van der Waals surface area contributed by atoms with Gasteiger partial charge in [-0.25, -0.2) is 0 Å². The largest absolute Gasteiger partial charge is 0.456 e. The Morgan fingerprint density at radius 3 is 2.15 bits per heavy atom. The van der Waals surface area contributed by atoms with Crippen molar-refractivity contribution in [1.82, 2.24) is 0 Å². The summed E-state index contributed by atoms with van der Waals surface area (Å²) in [6.45, 7) is 0. The first kappa shape index (κ1) is 15.2. The first-order valence-electron chi connectivity index (χ1n) is 8.56. The third-order valence-electron chi connectivity index (χ3n) is 4.76. The Labute approximate surface area is 156 Å². The van der Waals surface area contributed by atoms with Crippen LogP contribution < -0.4 is 0 Å². The van der Waals surface area contributed by atoms with Gasteiger partial charge in [-0.15, -0.1) is 0 Å². The van der Waals surface area contributed by atoms with E-state index in [1.807, 2.05) is 30.3 Å². The molecule has 0 fully saturated rings. The highest BCUT2D eigenvalue weighted by atomic mass is 35.5. The maximum absolute atomic E-state index is 6.10. The molecule has 124 valence electrons. The molecule has 0 amide bonds. The fourth-order valence-corrected chi connectivity index (χ4v) is 3.63. The number of hydrogen-bond acceptors (Lipinski definition) is 1. The van der Waals surface area contributed by atoms with E-state index in [1.54, 1.807) is 0 Å². The predicted octanol–water partition coefficient (Wildman–Crippen LogP) is 7.57. The molecule has 0 N–H and O–H groups in total. The molecule has 26 heavy (non-hydrogen) atoms. The van der Waals surface area contributed by atoms with Gasteiger partial charge in [0.1, 0.15) is 11.2 Å². The summed E-state index contributed by atoms with van der Waals surface area (Å²) in [5.74, 6) is 0. The van der Waals surface area contributed by atoms with Gasteiger partial charge in [0.05, 0.1) is 0 Å². The molecule has 0 spiro atoms. The van der Waals surface area contributed by atoms with Crippen LogP contribution in [0.15, 0.2) is 95.4 Å². The van der Waals surface area contributed by atoms with Crippen LogP contribution in [0.4, 0.5) is 0 Å². The average molecular weight is 355 g/mol. The molecule has 0 unspecified atom stereocenters. The van der Waals surface area contributed by atoms with Gasteiger partial charge < -0.3 is 4.42 Å². The van der Waals surface area contributed by atoms with Gasteiger partial charge in [0.25, 0.3) is 0 Å². The molecule has 5 aromatic rings. The molecule has 0 aliphatic heterocycles. The van der Waals surface area contributed by atoms with E-state index in [1.165, 1.54) is 11.1 Å². The van der Waals surface area contributed by atoms with E-state index < -0.39 is 0 Å². The lowest BCUT2D eigenvalue weighted by molar-refractivity contribution is 0.669. The van der Waals surface area contributed by atoms with Gasteiger partial charge in [0, 0.05) is 15.8 Å². The van der Waals surface area contributed by atoms with Crippen molar-refractivity contribution in [2.24, 2.45) is 0 Å². The molecule has 0 atom stereocenters. The summed E-state index contributed by atoms with van der Waals surface area (Å²) in [4.78, 5) is 0. The molecule has 5 rings (SSSR count). The van der Waals surface area contributed by atoms with Gasteiger partial charge >= 0.3 is 0 Å². The second kappa shape index (κ2) is 6.05. The average Bonchev–Trinajstić information content (AvgIpc) is 3.07. The minimum atomic E-state index is 0.740. The molecule has 0 saturated heterocycles. The first-order chi connectivity index (χ1) is 12.8. The molecule has 1 nitrogen and oxygen atoms in total. The SMILES string of the molecule is Clc1ccc(-c2cccc3oc4ccc(-c5ccccc5)cc4c23)cc1. The van der Waals surface area contributed by atoms with E-state index in [-0.39, 0.29) is 0 Å². The van der Waals surface area contributed by atoms with Gasteiger partial charge in [-0.1, -0.05) is 72.3 Å². The lowest BCUT2D eigenvalue weighted by Gasteiger charge is -2.05. The third kappa shape index (κ3) is 2.49. The zero-order valence-electron chi connectivity index (χ0n) is 13.9. The van der Waals surface area contributed by atoms with E-state index in [2.05, 4.69) is 60.7 Å². The molecule has 1 heterocycles. The van der Waals surface area contributed by atoms with E-state index in [9.17, 15) is 0 Å². The Bertz CT molecular complexity index is 1220. The number of furan rings is 1. The van der Waals surface area contributed by atoms with Gasteiger partial charge in [-0.05, 0) is 52.6 Å². The predicted molar refractivity (Wildman–Crippen MR) is 110 cm³/mol. The van der Waals surface area contributed by atoms with Crippen LogP contribution in [0, 0.1) is 0 Å². The van der Waals surface area contributed by atoms with Crippen LogP contribution in [0.25, 0.3) is 44.2 Å². The molecule has 0 radical (unpaired) electrons. The minimum absolute atomic E-state index is 0.740. The molecule has 0 bridgehead atoms. The lowest BCUT2D eigenvalue weighted by Crippen LogP contribution is -1.80. The van der Waals surface area contributed by atoms with Gasteiger partial charge in [0.15, 0.2) is 0 Å². The van der Waals surface area contributed by atoms with E-state index in [4.69, 9.17) is 16.0 Å². The molecule has 0 aliphatic carbocycles. The standard InChI is InChI=1S/C24H15ClO/c25-19-12-9-17(10-13-19)20-7-4-8-23-24(20)21-15-18(11-14-22(21)26-23)16-5-2-1-3-6-16/h1-15H. The molecule has 4 aromatic carbocycles. The van der Waals surface area contributed by atoms with Crippen molar-refractivity contribution in [3.8, 4) is 22.3 Å². The zero-order chi connectivity index (χ0) is 17.5.